The molecule has 15 rings (SSSR count). The monoisotopic (exact) mass is 877 g/mol. The first-order valence-corrected chi connectivity index (χ1v) is 24.1. The molecule has 0 fully saturated rings. The van der Waals surface area contributed by atoms with E-state index in [0.717, 1.165) is 39.0 Å². The Kier molecular flexibility index (Phi) is 7.87. The van der Waals surface area contributed by atoms with E-state index < -0.39 is 0 Å². The second kappa shape index (κ2) is 14.2. The second-order valence-corrected chi connectivity index (χ2v) is 19.5. The molecule has 0 saturated heterocycles. The zero-order valence-corrected chi connectivity index (χ0v) is 38.2. The zero-order chi connectivity index (χ0) is 45.5. The van der Waals surface area contributed by atoms with Crippen LogP contribution in [0.2, 0.25) is 0 Å². The predicted octanol–water partition coefficient (Wildman–Crippen LogP) is 19.1. The lowest BCUT2D eigenvalue weighted by atomic mass is 9.82. The van der Waals surface area contributed by atoms with Crippen molar-refractivity contribution in [2.45, 2.75) is 19.3 Å². The van der Waals surface area contributed by atoms with Crippen molar-refractivity contribution in [2.24, 2.45) is 0 Å². The third kappa shape index (κ3) is 5.43. The molecule has 1 aliphatic rings. The summed E-state index contributed by atoms with van der Waals surface area (Å²) in [5.41, 5.74) is 10.1. The van der Waals surface area contributed by atoms with Gasteiger partial charge in [0, 0.05) is 39.3 Å². The first-order valence-electron chi connectivity index (χ1n) is 24.1. The molecule has 0 N–H and O–H groups in total. The van der Waals surface area contributed by atoms with Crippen LogP contribution in [0.5, 0.6) is 0 Å². The van der Waals surface area contributed by atoms with Crippen molar-refractivity contribution in [3.63, 3.8) is 0 Å². The average Bonchev–Trinajstić information content (AvgIpc) is 3.88. The molecule has 2 heteroatoms. The highest BCUT2D eigenvalue weighted by molar-refractivity contribution is 6.36. The lowest BCUT2D eigenvalue weighted by Crippen LogP contribution is -2.16. The molecule has 2 nitrogen and oxygen atoms in total. The maximum Gasteiger partial charge on any atom is 0.137 e. The van der Waals surface area contributed by atoms with E-state index in [9.17, 15) is 0 Å². The molecule has 14 aromatic rings. The van der Waals surface area contributed by atoms with Crippen LogP contribution < -0.4 is 4.90 Å². The van der Waals surface area contributed by atoms with Gasteiger partial charge in [0.15, 0.2) is 0 Å². The zero-order valence-electron chi connectivity index (χ0n) is 38.2. The Bertz CT molecular complexity index is 4580. The van der Waals surface area contributed by atoms with Crippen LogP contribution in [0.3, 0.4) is 0 Å². The fraction of sp³-hybridized carbons (Fsp3) is 0.0448. The number of rotatable bonds is 3. The van der Waals surface area contributed by atoms with E-state index in [1.165, 1.54) is 108 Å². The van der Waals surface area contributed by atoms with E-state index >= 15 is 0 Å². The molecule has 0 spiro atoms. The summed E-state index contributed by atoms with van der Waals surface area (Å²) in [7, 11) is 0. The van der Waals surface area contributed by atoms with Gasteiger partial charge in [-0.15, -0.1) is 0 Å². The van der Waals surface area contributed by atoms with E-state index in [-0.39, 0.29) is 5.41 Å². The van der Waals surface area contributed by atoms with Crippen LogP contribution >= 0.6 is 0 Å². The molecule has 0 amide bonds. The maximum absolute atomic E-state index is 6.61. The molecular weight excluding hydrogens is 835 g/mol. The van der Waals surface area contributed by atoms with Crippen LogP contribution in [0.1, 0.15) is 25.0 Å². The highest BCUT2D eigenvalue weighted by atomic mass is 16.3. The van der Waals surface area contributed by atoms with Crippen LogP contribution in [0.25, 0.3) is 119 Å². The molecule has 322 valence electrons. The Hall–Kier alpha value is -8.72. The minimum absolute atomic E-state index is 0.172. The van der Waals surface area contributed by atoms with Gasteiger partial charge in [0.2, 0.25) is 0 Å². The minimum Gasteiger partial charge on any atom is -0.456 e. The first kappa shape index (κ1) is 38.4. The van der Waals surface area contributed by atoms with Crippen molar-refractivity contribution in [3.8, 4) is 11.1 Å². The molecule has 0 atom stereocenters. The van der Waals surface area contributed by atoms with Gasteiger partial charge in [-0.3, -0.25) is 0 Å². The molecule has 69 heavy (non-hydrogen) atoms. The van der Waals surface area contributed by atoms with Crippen LogP contribution in [0, 0.1) is 0 Å². The molecule has 13 aromatic carbocycles. The molecule has 1 aliphatic carbocycles. The van der Waals surface area contributed by atoms with E-state index in [1.54, 1.807) is 0 Å². The molecule has 0 saturated carbocycles. The van der Waals surface area contributed by atoms with Crippen molar-refractivity contribution in [1.29, 1.82) is 0 Å². The number of benzene rings is 12. The van der Waals surface area contributed by atoms with Crippen LogP contribution in [-0.4, -0.2) is 0 Å². The fourth-order valence-electron chi connectivity index (χ4n) is 12.4. The number of nitrogens with zero attached hydrogens (tertiary/aromatic N) is 1. The standard InChI is InChI=1S/C67H43NO/c1-67(2)60-24-11-9-21-52(60)53-34-30-44(38-61(53)67)68(45-31-35-55-54-22-10-12-25-62(54)69-63(55)39-45)43-29-33-51-58(37-43)50-20-6-5-18-48(50)46-16-3-4-17-47(46)49-19-7-8-23-56(49)66-57-32-28-41-15-13-14-40-26-27-42(36-59(51)66)65(57)64(40)41/h3-39H,1-2H3. The average molecular weight is 878 g/mol. The minimum atomic E-state index is -0.172. The summed E-state index contributed by atoms with van der Waals surface area (Å²) in [5.74, 6) is 0. The summed E-state index contributed by atoms with van der Waals surface area (Å²) in [5, 5.41) is 22.1. The highest BCUT2D eigenvalue weighted by Crippen LogP contribution is 2.52. The number of fused-ring (bicyclic) bond motifs is 17. The van der Waals surface area contributed by atoms with Gasteiger partial charge < -0.3 is 9.32 Å². The van der Waals surface area contributed by atoms with Gasteiger partial charge in [0.25, 0.3) is 0 Å². The summed E-state index contributed by atoms with van der Waals surface area (Å²) in [6.45, 7) is 4.73. The summed E-state index contributed by atoms with van der Waals surface area (Å²) in [6.07, 6.45) is 0. The van der Waals surface area contributed by atoms with E-state index in [1.807, 2.05) is 6.07 Å². The molecule has 0 unspecified atom stereocenters. The highest BCUT2D eigenvalue weighted by Gasteiger charge is 2.36. The van der Waals surface area contributed by atoms with E-state index in [2.05, 4.69) is 237 Å². The maximum atomic E-state index is 6.61. The molecule has 0 bridgehead atoms. The summed E-state index contributed by atoms with van der Waals surface area (Å²) < 4.78 is 6.61. The van der Waals surface area contributed by atoms with Crippen molar-refractivity contribution in [1.82, 2.24) is 0 Å². The van der Waals surface area contributed by atoms with Crippen LogP contribution in [-0.2, 0) is 5.41 Å². The van der Waals surface area contributed by atoms with Crippen LogP contribution in [0.4, 0.5) is 17.1 Å². The Morgan fingerprint density at radius 2 is 0.797 bits per heavy atom. The Labute approximate surface area is 398 Å². The fourth-order valence-corrected chi connectivity index (χ4v) is 12.4. The molecule has 1 heterocycles. The third-order valence-corrected chi connectivity index (χ3v) is 15.6. The van der Waals surface area contributed by atoms with Crippen molar-refractivity contribution in [2.75, 3.05) is 4.90 Å². The summed E-state index contributed by atoms with van der Waals surface area (Å²) in [6, 6.07) is 83.8. The lowest BCUT2D eigenvalue weighted by molar-refractivity contribution is 0.660. The Morgan fingerprint density at radius 3 is 1.55 bits per heavy atom. The predicted molar refractivity (Wildman–Crippen MR) is 295 cm³/mol. The van der Waals surface area contributed by atoms with Gasteiger partial charge in [-0.1, -0.05) is 184 Å². The normalized spacial score (nSPS) is 13.2. The quantitative estimate of drug-likeness (QED) is 0.164. The molecular formula is C67H43NO. The van der Waals surface area contributed by atoms with Gasteiger partial charge in [-0.25, -0.2) is 0 Å². The van der Waals surface area contributed by atoms with E-state index in [4.69, 9.17) is 4.42 Å². The van der Waals surface area contributed by atoms with E-state index in [0.29, 0.717) is 0 Å². The molecule has 0 radical (unpaired) electrons. The number of para-hydroxylation sites is 1. The van der Waals surface area contributed by atoms with Gasteiger partial charge in [-0.2, -0.15) is 0 Å². The topological polar surface area (TPSA) is 16.4 Å². The number of hydrogen-bond donors (Lipinski definition) is 0. The van der Waals surface area contributed by atoms with Crippen molar-refractivity contribution >= 4 is 125 Å². The number of anilines is 3. The number of furan rings is 1. The summed E-state index contributed by atoms with van der Waals surface area (Å²) >= 11 is 0. The number of hydrogen-bond acceptors (Lipinski definition) is 2. The van der Waals surface area contributed by atoms with Gasteiger partial charge in [-0.05, 0) is 157 Å². The molecule has 1 aromatic heterocycles. The van der Waals surface area contributed by atoms with Gasteiger partial charge >= 0.3 is 0 Å². The largest absolute Gasteiger partial charge is 0.456 e. The van der Waals surface area contributed by atoms with Crippen molar-refractivity contribution < 1.29 is 4.42 Å². The Morgan fingerprint density at radius 1 is 0.290 bits per heavy atom. The van der Waals surface area contributed by atoms with Crippen LogP contribution in [0.15, 0.2) is 229 Å². The third-order valence-electron chi connectivity index (χ3n) is 15.6. The molecule has 0 aliphatic heterocycles. The van der Waals surface area contributed by atoms with Crippen molar-refractivity contribution in [3.05, 3.63) is 236 Å². The smallest absolute Gasteiger partial charge is 0.137 e. The second-order valence-electron chi connectivity index (χ2n) is 19.5. The van der Waals surface area contributed by atoms with Gasteiger partial charge in [0.05, 0.1) is 0 Å². The summed E-state index contributed by atoms with van der Waals surface area (Å²) in [4.78, 5) is 2.44. The lowest BCUT2D eigenvalue weighted by Gasteiger charge is -2.28. The van der Waals surface area contributed by atoms with Gasteiger partial charge in [0.1, 0.15) is 11.2 Å². The Balaban J connectivity index is 1.11. The first-order chi connectivity index (χ1) is 34.0. The SMILES string of the molecule is CC1(C)c2ccccc2-c2ccc(N(c3ccc4c(c3)oc3ccccc34)c3ccc4c(c3)c3ccccc3c3ccccc3c3ccccc3c3c4cc4ccc5cccc6ccc3c4c56)cc21.